The summed E-state index contributed by atoms with van der Waals surface area (Å²) in [6, 6.07) is 0. The summed E-state index contributed by atoms with van der Waals surface area (Å²) in [5.41, 5.74) is 1.43. The highest BCUT2D eigenvalue weighted by Crippen LogP contribution is 2.07. The van der Waals surface area contributed by atoms with Crippen molar-refractivity contribution in [1.82, 2.24) is 0 Å². The summed E-state index contributed by atoms with van der Waals surface area (Å²) in [5.74, 6) is 0. The van der Waals surface area contributed by atoms with Gasteiger partial charge in [-0.1, -0.05) is 31.4 Å². The average molecular weight is 170 g/mol. The number of hydrogen-bond donors (Lipinski definition) is 1. The molecule has 0 aliphatic carbocycles. The molecule has 12 heavy (non-hydrogen) atoms. The fourth-order valence-corrected chi connectivity index (χ4v) is 1.20. The third-order valence-corrected chi connectivity index (χ3v) is 2.03. The number of allylic oxidation sites excluding steroid dienone is 2. The van der Waals surface area contributed by atoms with Crippen LogP contribution in [-0.2, 0) is 0 Å². The fourth-order valence-electron chi connectivity index (χ4n) is 1.20. The van der Waals surface area contributed by atoms with Gasteiger partial charge >= 0.3 is 0 Å². The number of unbranched alkanes of at least 4 members (excludes halogenated alkanes) is 3. The molecule has 0 heterocycles. The minimum atomic E-state index is 0.320. The second-order valence-corrected chi connectivity index (χ2v) is 3.37. The first-order valence-electron chi connectivity index (χ1n) is 5.07. The highest BCUT2D eigenvalue weighted by molar-refractivity contribution is 4.97. The molecule has 0 saturated carbocycles. The minimum absolute atomic E-state index is 0.320. The van der Waals surface area contributed by atoms with Crippen LogP contribution in [0.15, 0.2) is 11.6 Å². The normalized spacial score (nSPS) is 12.1. The number of hydrogen-bond acceptors (Lipinski definition) is 1. The Labute approximate surface area is 76.5 Å². The van der Waals surface area contributed by atoms with E-state index in [1.165, 1.54) is 31.3 Å². The maximum absolute atomic E-state index is 8.60. The average Bonchev–Trinajstić information content (AvgIpc) is 2.09. The zero-order valence-electron chi connectivity index (χ0n) is 8.47. The van der Waals surface area contributed by atoms with E-state index < -0.39 is 0 Å². The van der Waals surface area contributed by atoms with E-state index in [2.05, 4.69) is 19.9 Å². The van der Waals surface area contributed by atoms with Gasteiger partial charge in [0, 0.05) is 6.61 Å². The minimum Gasteiger partial charge on any atom is -0.396 e. The molecule has 0 aliphatic rings. The Morgan fingerprint density at radius 1 is 1.25 bits per heavy atom. The van der Waals surface area contributed by atoms with E-state index >= 15 is 0 Å². The van der Waals surface area contributed by atoms with Crippen molar-refractivity contribution in [3.63, 3.8) is 0 Å². The fraction of sp³-hybridized carbons (Fsp3) is 0.818. The third-order valence-electron chi connectivity index (χ3n) is 2.03. The van der Waals surface area contributed by atoms with Crippen molar-refractivity contribution in [3.8, 4) is 0 Å². The van der Waals surface area contributed by atoms with Crippen LogP contribution < -0.4 is 0 Å². The highest BCUT2D eigenvalue weighted by Gasteiger charge is 1.89. The summed E-state index contributed by atoms with van der Waals surface area (Å²) < 4.78 is 0. The molecule has 72 valence electrons. The molecule has 0 bridgehead atoms. The van der Waals surface area contributed by atoms with Crippen molar-refractivity contribution in [2.45, 2.75) is 52.4 Å². The monoisotopic (exact) mass is 170 g/mol. The maximum Gasteiger partial charge on any atom is 0.0434 e. The lowest BCUT2D eigenvalue weighted by Crippen LogP contribution is -1.84. The third kappa shape index (κ3) is 7.80. The van der Waals surface area contributed by atoms with Crippen molar-refractivity contribution < 1.29 is 5.11 Å². The predicted octanol–water partition coefficient (Wildman–Crippen LogP) is 3.29. The second-order valence-electron chi connectivity index (χ2n) is 3.37. The van der Waals surface area contributed by atoms with E-state index in [4.69, 9.17) is 5.11 Å². The van der Waals surface area contributed by atoms with Crippen LogP contribution in [0.1, 0.15) is 52.4 Å². The molecule has 0 rings (SSSR count). The quantitative estimate of drug-likeness (QED) is 0.459. The zero-order valence-corrected chi connectivity index (χ0v) is 8.47. The molecule has 1 nitrogen and oxygen atoms in total. The Balaban J connectivity index is 3.28. The van der Waals surface area contributed by atoms with Crippen molar-refractivity contribution in [2.24, 2.45) is 0 Å². The Hall–Kier alpha value is -0.300. The molecular formula is C11H22O. The SMILES string of the molecule is CCCCCC=C(C)CCCO. The standard InChI is InChI=1S/C11H22O/c1-3-4-5-6-8-11(2)9-7-10-12/h8,12H,3-7,9-10H2,1-2H3. The molecule has 0 aliphatic heterocycles. The van der Waals surface area contributed by atoms with E-state index in [1.807, 2.05) is 0 Å². The van der Waals surface area contributed by atoms with Gasteiger partial charge in [-0.25, -0.2) is 0 Å². The van der Waals surface area contributed by atoms with Crippen LogP contribution in [-0.4, -0.2) is 11.7 Å². The zero-order chi connectivity index (χ0) is 9.23. The summed E-state index contributed by atoms with van der Waals surface area (Å²) >= 11 is 0. The number of rotatable bonds is 7. The lowest BCUT2D eigenvalue weighted by atomic mass is 10.1. The second kappa shape index (κ2) is 8.79. The van der Waals surface area contributed by atoms with Gasteiger partial charge in [-0.2, -0.15) is 0 Å². The van der Waals surface area contributed by atoms with Gasteiger partial charge in [0.05, 0.1) is 0 Å². The van der Waals surface area contributed by atoms with Gasteiger partial charge in [0.15, 0.2) is 0 Å². The van der Waals surface area contributed by atoms with Crippen molar-refractivity contribution in [2.75, 3.05) is 6.61 Å². The van der Waals surface area contributed by atoms with Gasteiger partial charge in [0.2, 0.25) is 0 Å². The first-order chi connectivity index (χ1) is 5.81. The Morgan fingerprint density at radius 2 is 2.00 bits per heavy atom. The number of aliphatic hydroxyl groups excluding tert-OH is 1. The van der Waals surface area contributed by atoms with Crippen LogP contribution in [0.5, 0.6) is 0 Å². The van der Waals surface area contributed by atoms with Gasteiger partial charge in [0.1, 0.15) is 0 Å². The molecule has 0 atom stereocenters. The maximum atomic E-state index is 8.60. The molecule has 0 aromatic carbocycles. The Bertz CT molecular complexity index is 116. The smallest absolute Gasteiger partial charge is 0.0434 e. The molecule has 0 radical (unpaired) electrons. The molecule has 0 aromatic rings. The van der Waals surface area contributed by atoms with Crippen LogP contribution in [0, 0.1) is 0 Å². The molecule has 1 heteroatoms. The lowest BCUT2D eigenvalue weighted by Gasteiger charge is -1.98. The van der Waals surface area contributed by atoms with Gasteiger partial charge in [-0.3, -0.25) is 0 Å². The molecule has 0 spiro atoms. The highest BCUT2D eigenvalue weighted by atomic mass is 16.2. The van der Waals surface area contributed by atoms with Crippen LogP contribution in [0.3, 0.4) is 0 Å². The number of aliphatic hydroxyl groups is 1. The predicted molar refractivity (Wildman–Crippen MR) is 54.2 cm³/mol. The van der Waals surface area contributed by atoms with Crippen LogP contribution in [0.2, 0.25) is 0 Å². The molecular weight excluding hydrogens is 148 g/mol. The van der Waals surface area contributed by atoms with Crippen molar-refractivity contribution in [1.29, 1.82) is 0 Å². The lowest BCUT2D eigenvalue weighted by molar-refractivity contribution is 0.288. The molecule has 0 unspecified atom stereocenters. The van der Waals surface area contributed by atoms with Crippen LogP contribution >= 0.6 is 0 Å². The summed E-state index contributed by atoms with van der Waals surface area (Å²) in [6.07, 6.45) is 9.44. The topological polar surface area (TPSA) is 20.2 Å². The van der Waals surface area contributed by atoms with E-state index in [9.17, 15) is 0 Å². The van der Waals surface area contributed by atoms with Crippen LogP contribution in [0.4, 0.5) is 0 Å². The van der Waals surface area contributed by atoms with Crippen molar-refractivity contribution >= 4 is 0 Å². The first kappa shape index (κ1) is 11.7. The van der Waals surface area contributed by atoms with E-state index in [0.717, 1.165) is 12.8 Å². The Morgan fingerprint density at radius 3 is 2.58 bits per heavy atom. The molecule has 0 amide bonds. The van der Waals surface area contributed by atoms with Gasteiger partial charge < -0.3 is 5.11 Å². The van der Waals surface area contributed by atoms with E-state index in [0.29, 0.717) is 6.61 Å². The van der Waals surface area contributed by atoms with Gasteiger partial charge in [0.25, 0.3) is 0 Å². The molecule has 0 aromatic heterocycles. The van der Waals surface area contributed by atoms with Crippen LogP contribution in [0.25, 0.3) is 0 Å². The van der Waals surface area contributed by atoms with E-state index in [1.54, 1.807) is 0 Å². The summed E-state index contributed by atoms with van der Waals surface area (Å²) in [6.45, 7) is 4.70. The van der Waals surface area contributed by atoms with Gasteiger partial charge in [-0.15, -0.1) is 0 Å². The van der Waals surface area contributed by atoms with E-state index in [-0.39, 0.29) is 0 Å². The molecule has 1 N–H and O–H groups in total. The molecule has 0 saturated heterocycles. The summed E-state index contributed by atoms with van der Waals surface area (Å²) in [5, 5.41) is 8.60. The Kier molecular flexibility index (Phi) is 8.57. The first-order valence-corrected chi connectivity index (χ1v) is 5.07. The summed E-state index contributed by atoms with van der Waals surface area (Å²) in [7, 11) is 0. The van der Waals surface area contributed by atoms with Crippen molar-refractivity contribution in [3.05, 3.63) is 11.6 Å². The largest absolute Gasteiger partial charge is 0.396 e. The summed E-state index contributed by atoms with van der Waals surface area (Å²) in [4.78, 5) is 0. The molecule has 0 fully saturated rings. The van der Waals surface area contributed by atoms with Gasteiger partial charge in [-0.05, 0) is 32.6 Å².